The first-order valence-corrected chi connectivity index (χ1v) is 27.4. The van der Waals surface area contributed by atoms with Crippen molar-refractivity contribution in [2.45, 2.75) is 148 Å². The smallest absolute Gasteiger partial charge is 0.497 e. The van der Waals surface area contributed by atoms with E-state index in [-0.39, 0.29) is 50.3 Å². The number of benzene rings is 1. The van der Waals surface area contributed by atoms with Crippen LogP contribution in [-0.2, 0) is 46.9 Å². The van der Waals surface area contributed by atoms with Crippen LogP contribution in [0.1, 0.15) is 118 Å². The van der Waals surface area contributed by atoms with Gasteiger partial charge in [0, 0.05) is 41.3 Å². The minimum absolute atomic E-state index is 0.0587. The summed E-state index contributed by atoms with van der Waals surface area (Å²) in [6, 6.07) is 4.33. The molecule has 73 heavy (non-hydrogen) atoms. The maximum Gasteiger partial charge on any atom is 0.510 e. The number of azo groups is 1. The highest BCUT2D eigenvalue weighted by atomic mass is 32.2. The molecule has 0 radical (unpaired) electrons. The number of pyridine rings is 1. The Morgan fingerprint density at radius 1 is 0.986 bits per heavy atom. The first-order valence-electron chi connectivity index (χ1n) is 24.6. The van der Waals surface area contributed by atoms with Crippen LogP contribution in [0.15, 0.2) is 57.8 Å². The van der Waals surface area contributed by atoms with Crippen molar-refractivity contribution in [1.29, 1.82) is 0 Å². The van der Waals surface area contributed by atoms with Gasteiger partial charge in [-0.3, -0.25) is 23.2 Å². The van der Waals surface area contributed by atoms with E-state index in [9.17, 15) is 14.4 Å². The lowest BCUT2D eigenvalue weighted by Gasteiger charge is -2.35. The Morgan fingerprint density at radius 3 is 2.18 bits per heavy atom. The van der Waals surface area contributed by atoms with Crippen LogP contribution in [0.4, 0.5) is 14.4 Å². The minimum Gasteiger partial charge on any atom is -0.497 e. The summed E-state index contributed by atoms with van der Waals surface area (Å²) in [5.41, 5.74) is 3.34. The Bertz CT molecular complexity index is 2400. The normalized spacial score (nSPS) is 19.6. The van der Waals surface area contributed by atoms with E-state index >= 15 is 14.2 Å². The van der Waals surface area contributed by atoms with E-state index in [4.69, 9.17) is 47.2 Å². The van der Waals surface area contributed by atoms with Gasteiger partial charge in [-0.25, -0.2) is 19.4 Å². The molecule has 23 heteroatoms. The number of unbranched alkanes of at least 4 members (excludes halogenated alkanes) is 2. The lowest BCUT2D eigenvalue weighted by Crippen LogP contribution is -2.58. The number of amides is 3. The van der Waals surface area contributed by atoms with E-state index < -0.39 is 80.3 Å². The van der Waals surface area contributed by atoms with Crippen LogP contribution in [-0.4, -0.2) is 122 Å². The van der Waals surface area contributed by atoms with Crippen LogP contribution >= 0.6 is 19.4 Å². The number of thioether (sulfide) groups is 1. The van der Waals surface area contributed by atoms with E-state index in [2.05, 4.69) is 33.2 Å². The van der Waals surface area contributed by atoms with E-state index in [1.807, 2.05) is 34.0 Å². The molecule has 1 unspecified atom stereocenters. The number of fused-ring (bicyclic) bond motifs is 1. The predicted octanol–water partition coefficient (Wildman–Crippen LogP) is 10.2. The molecule has 1 aromatic carbocycles. The molecule has 1 aromatic heterocycles. The molecule has 2 aromatic rings. The number of nitrogens with zero attached hydrogens (tertiary/aromatic N) is 4. The Morgan fingerprint density at radius 2 is 1.63 bits per heavy atom. The lowest BCUT2D eigenvalue weighted by molar-refractivity contribution is -0.142. The number of methoxy groups -OCH3 is 1. The van der Waals surface area contributed by atoms with E-state index in [1.165, 1.54) is 23.8 Å². The monoisotopic (exact) mass is 1060 g/mol. The van der Waals surface area contributed by atoms with Gasteiger partial charge < -0.3 is 48.7 Å². The van der Waals surface area contributed by atoms with Crippen molar-refractivity contribution in [3.05, 3.63) is 53.3 Å². The molecular formula is C50H71N6O15PS. The number of aromatic nitrogens is 1. The molecule has 4 atom stereocenters. The molecule has 3 fully saturated rings. The molecule has 0 bridgehead atoms. The summed E-state index contributed by atoms with van der Waals surface area (Å²) in [5.74, 6) is -0.575. The summed E-state index contributed by atoms with van der Waals surface area (Å²) >= 11 is 1.41. The molecule has 1 aliphatic heterocycles. The quantitative estimate of drug-likeness (QED) is 0.0178. The Labute approximate surface area is 431 Å². The Kier molecular flexibility index (Phi) is 21.6. The predicted molar refractivity (Wildman–Crippen MR) is 272 cm³/mol. The van der Waals surface area contributed by atoms with Crippen molar-refractivity contribution in [3.63, 3.8) is 0 Å². The highest BCUT2D eigenvalue weighted by Crippen LogP contribution is 2.72. The second-order valence-corrected chi connectivity index (χ2v) is 22.0. The summed E-state index contributed by atoms with van der Waals surface area (Å²) in [7, 11) is -3.26. The highest BCUT2D eigenvalue weighted by Gasteiger charge is 2.67. The van der Waals surface area contributed by atoms with Gasteiger partial charge in [-0.1, -0.05) is 54.0 Å². The first kappa shape index (κ1) is 58.2. The van der Waals surface area contributed by atoms with Gasteiger partial charge >= 0.3 is 26.0 Å². The number of ether oxygens (including phenoxy) is 7. The molecule has 2 heterocycles. The average Bonchev–Trinajstić information content (AvgIpc) is 3.59. The number of alkyl carbamates (subject to hydrolysis) is 1. The number of likely N-dealkylation sites (tertiary alicyclic amines) is 1. The summed E-state index contributed by atoms with van der Waals surface area (Å²) in [6.07, 6.45) is 3.23. The molecular weight excluding hydrogens is 988 g/mol. The van der Waals surface area contributed by atoms with Gasteiger partial charge in [0.05, 0.1) is 44.1 Å². The van der Waals surface area contributed by atoms with E-state index in [0.29, 0.717) is 59.5 Å². The third kappa shape index (κ3) is 15.9. The third-order valence-corrected chi connectivity index (χ3v) is 14.8. The SMILES string of the molecule is C=C=C1C[C@]1(NC(=O)[C@@H]1CC(Oc2cc(/C(=C/SC)N=NC(C)C)nc3cc(OC)ccc23)CN1C(=O)[C@@H](NC(=O)OC1CCCC1)C(C)(C)C)P(=O)(OCOC(=O)OCCCC)OCOC(=O)OCCCC. The second kappa shape index (κ2) is 27.0. The third-order valence-electron chi connectivity index (χ3n) is 12.0. The number of rotatable bonds is 25. The van der Waals surface area contributed by atoms with Crippen molar-refractivity contribution in [2.24, 2.45) is 15.6 Å². The van der Waals surface area contributed by atoms with E-state index in [1.54, 1.807) is 50.4 Å². The molecule has 2 N–H and O–H groups in total. The van der Waals surface area contributed by atoms with Crippen molar-refractivity contribution >= 4 is 66.2 Å². The van der Waals surface area contributed by atoms with Gasteiger partial charge in [0.1, 0.15) is 41.5 Å². The van der Waals surface area contributed by atoms with Crippen molar-refractivity contribution in [3.8, 4) is 11.5 Å². The average molecular weight is 1060 g/mol. The molecule has 5 rings (SSSR count). The summed E-state index contributed by atoms with van der Waals surface area (Å²) in [6.45, 7) is 14.7. The van der Waals surface area contributed by atoms with Gasteiger partial charge in [0.15, 0.2) is 5.28 Å². The number of carbonyl (C=O) groups is 5. The molecule has 21 nitrogen and oxygen atoms in total. The highest BCUT2D eigenvalue weighted by molar-refractivity contribution is 8.01. The van der Waals surface area contributed by atoms with Crippen molar-refractivity contribution < 1.29 is 70.7 Å². The lowest BCUT2D eigenvalue weighted by atomic mass is 9.85. The molecule has 3 aliphatic rings. The number of nitrogens with one attached hydrogen (secondary N) is 2. The number of carbonyl (C=O) groups excluding carboxylic acids is 5. The fourth-order valence-electron chi connectivity index (χ4n) is 8.02. The van der Waals surface area contributed by atoms with Crippen LogP contribution in [0.3, 0.4) is 0 Å². The zero-order valence-corrected chi connectivity index (χ0v) is 45.1. The largest absolute Gasteiger partial charge is 0.510 e. The minimum atomic E-state index is -4.80. The molecule has 2 saturated carbocycles. The maximum absolute atomic E-state index is 15.1. The first-order chi connectivity index (χ1) is 34.8. The van der Waals surface area contributed by atoms with Crippen LogP contribution in [0.2, 0.25) is 0 Å². The molecule has 2 aliphatic carbocycles. The Hall–Kier alpha value is -5.66. The van der Waals surface area contributed by atoms with E-state index in [0.717, 1.165) is 25.7 Å². The standard InChI is InChI=1S/C50H71N6O15PS/c1-11-14-22-64-47(60)66-30-68-72(62,69-31-67-48(61)65-23-15-12-2)50(27-33(50)13-3)53-44(57)41-25-36(28-56(41)45(58)43(49(6,7)8)52-46(59)71-34-18-16-17-19-34)70-42-26-39(40(29-73-10)55-54-32(4)5)51-38-24-35(63-9)20-21-37(38)42/h20-21,24,26,29,32,34,36,41,43H,3,11-12,14-19,22-23,25,27-28,30-31H2,1-2,4-10H3,(H,52,59)(H,53,57)/b40-29-,55-54?/t36?,41-,43+,50-/m0/s1. The fraction of sp³-hybridized carbons (Fsp3) is 0.620. The van der Waals surface area contributed by atoms with Gasteiger partial charge in [0.25, 0.3) is 0 Å². The van der Waals surface area contributed by atoms with Gasteiger partial charge in [-0.15, -0.1) is 17.5 Å². The molecule has 3 amide bonds. The van der Waals surface area contributed by atoms with Crippen molar-refractivity contribution in [2.75, 3.05) is 46.7 Å². The summed E-state index contributed by atoms with van der Waals surface area (Å²) < 4.78 is 64.7. The molecule has 0 spiro atoms. The number of hydrogen-bond donors (Lipinski definition) is 2. The van der Waals surface area contributed by atoms with Gasteiger partial charge in [-0.05, 0) is 76.2 Å². The van der Waals surface area contributed by atoms with Crippen LogP contribution < -0.4 is 20.1 Å². The Balaban J connectivity index is 1.54. The van der Waals surface area contributed by atoms with Gasteiger partial charge in [-0.2, -0.15) is 10.2 Å². The maximum atomic E-state index is 15.1. The fourth-order valence-corrected chi connectivity index (χ4v) is 10.3. The zero-order chi connectivity index (χ0) is 53.3. The molecule has 402 valence electrons. The van der Waals surface area contributed by atoms with Gasteiger partial charge in [0.2, 0.25) is 25.4 Å². The van der Waals surface area contributed by atoms with Crippen LogP contribution in [0, 0.1) is 5.41 Å². The second-order valence-electron chi connectivity index (χ2n) is 19.0. The van der Waals surface area contributed by atoms with Crippen LogP contribution in [0.25, 0.3) is 16.6 Å². The zero-order valence-electron chi connectivity index (χ0n) is 43.4. The summed E-state index contributed by atoms with van der Waals surface area (Å²) in [4.78, 5) is 74.7. The van der Waals surface area contributed by atoms with Crippen LogP contribution in [0.5, 0.6) is 11.5 Å². The topological polar surface area (TPSA) is 250 Å². The van der Waals surface area contributed by atoms with Crippen molar-refractivity contribution in [1.82, 2.24) is 20.5 Å². The summed E-state index contributed by atoms with van der Waals surface area (Å²) in [5, 5.41) is 14.8. The number of hydrogen-bond acceptors (Lipinski definition) is 19. The molecule has 1 saturated heterocycles.